The molecule has 5 nitrogen and oxygen atoms in total. The fourth-order valence-electron chi connectivity index (χ4n) is 4.07. The first-order valence-corrected chi connectivity index (χ1v) is 9.21. The molecule has 1 atom stereocenters. The van der Waals surface area contributed by atoms with Gasteiger partial charge in [-0.25, -0.2) is 0 Å². The minimum atomic E-state index is 0.0721. The molecule has 134 valence electrons. The van der Waals surface area contributed by atoms with E-state index in [9.17, 15) is 0 Å². The highest BCUT2D eigenvalue weighted by molar-refractivity contribution is 5.05. The van der Waals surface area contributed by atoms with Gasteiger partial charge in [0.15, 0.2) is 0 Å². The molecule has 0 bridgehead atoms. The molecule has 2 aliphatic rings. The summed E-state index contributed by atoms with van der Waals surface area (Å²) in [6.07, 6.45) is 6.98. The van der Waals surface area contributed by atoms with Crippen molar-refractivity contribution in [2.75, 3.05) is 26.7 Å². The number of likely N-dealkylation sites (tertiary alicyclic amines) is 1. The van der Waals surface area contributed by atoms with E-state index in [1.165, 1.54) is 0 Å². The lowest BCUT2D eigenvalue weighted by molar-refractivity contribution is -0.0454. The Morgan fingerprint density at radius 2 is 2.12 bits per heavy atom. The molecule has 25 heavy (non-hydrogen) atoms. The Balaban J connectivity index is 1.28. The van der Waals surface area contributed by atoms with Crippen LogP contribution in [0.1, 0.15) is 30.7 Å². The summed E-state index contributed by atoms with van der Waals surface area (Å²) in [5.41, 5.74) is 1.23. The second-order valence-electron chi connectivity index (χ2n) is 7.44. The number of hydrogen-bond acceptors (Lipinski definition) is 5. The monoisotopic (exact) mass is 341 g/mol. The van der Waals surface area contributed by atoms with Crippen LogP contribution in [0, 0.1) is 0 Å². The lowest BCUT2D eigenvalue weighted by atomic mass is 9.87. The molecular formula is C20H27N3O2. The van der Waals surface area contributed by atoms with Crippen molar-refractivity contribution in [1.29, 1.82) is 0 Å². The standard InChI is InChI=1S/C20H27N3O2/c1-22(15-19-6-4-12-24-19)18-13-20(25-16-18)7-10-23(11-8-20)14-17-5-2-3-9-21-17/h2-6,9,12,18H,7-8,10-11,13-16H2,1H3/t18-/m0/s1. The molecule has 1 spiro atoms. The number of rotatable bonds is 5. The van der Waals surface area contributed by atoms with Crippen molar-refractivity contribution in [3.8, 4) is 0 Å². The number of furan rings is 1. The van der Waals surface area contributed by atoms with Gasteiger partial charge >= 0.3 is 0 Å². The van der Waals surface area contributed by atoms with Crippen LogP contribution in [-0.4, -0.2) is 53.2 Å². The summed E-state index contributed by atoms with van der Waals surface area (Å²) in [7, 11) is 2.17. The topological polar surface area (TPSA) is 41.7 Å². The maximum absolute atomic E-state index is 6.32. The number of piperidine rings is 1. The van der Waals surface area contributed by atoms with Gasteiger partial charge in [0.1, 0.15) is 5.76 Å². The number of nitrogens with zero attached hydrogens (tertiary/aromatic N) is 3. The van der Waals surface area contributed by atoms with Gasteiger partial charge in [-0.2, -0.15) is 0 Å². The van der Waals surface area contributed by atoms with Crippen LogP contribution in [0.5, 0.6) is 0 Å². The number of hydrogen-bond donors (Lipinski definition) is 0. The Labute approximate surface area is 149 Å². The molecule has 4 heterocycles. The van der Waals surface area contributed by atoms with Crippen molar-refractivity contribution in [2.45, 2.75) is 44.0 Å². The largest absolute Gasteiger partial charge is 0.468 e. The normalized spacial score (nSPS) is 23.5. The third-order valence-corrected chi connectivity index (χ3v) is 5.68. The second-order valence-corrected chi connectivity index (χ2v) is 7.44. The van der Waals surface area contributed by atoms with E-state index in [2.05, 4.69) is 34.0 Å². The zero-order valence-electron chi connectivity index (χ0n) is 14.9. The van der Waals surface area contributed by atoms with Crippen molar-refractivity contribution >= 4 is 0 Å². The van der Waals surface area contributed by atoms with Crippen LogP contribution in [0.3, 0.4) is 0 Å². The van der Waals surface area contributed by atoms with Gasteiger partial charge in [0.25, 0.3) is 0 Å². The molecule has 0 aliphatic carbocycles. The molecule has 2 aliphatic heterocycles. The third-order valence-electron chi connectivity index (χ3n) is 5.68. The fourth-order valence-corrected chi connectivity index (χ4v) is 4.07. The summed E-state index contributed by atoms with van der Waals surface area (Å²) in [5, 5.41) is 0. The average Bonchev–Trinajstić information content (AvgIpc) is 3.29. The SMILES string of the molecule is CN(Cc1ccco1)[C@@H]1COC2(CCN(Cc3ccccn3)CC2)C1. The molecule has 2 aromatic rings. The first-order valence-electron chi connectivity index (χ1n) is 9.21. The maximum atomic E-state index is 6.32. The van der Waals surface area contributed by atoms with Crippen LogP contribution in [0.4, 0.5) is 0 Å². The molecule has 0 unspecified atom stereocenters. The summed E-state index contributed by atoms with van der Waals surface area (Å²) >= 11 is 0. The maximum Gasteiger partial charge on any atom is 0.117 e. The van der Waals surface area contributed by atoms with Crippen molar-refractivity contribution in [2.24, 2.45) is 0 Å². The van der Waals surface area contributed by atoms with Gasteiger partial charge in [-0.05, 0) is 50.6 Å². The summed E-state index contributed by atoms with van der Waals surface area (Å²) in [4.78, 5) is 9.31. The Kier molecular flexibility index (Phi) is 4.88. The van der Waals surface area contributed by atoms with Crippen LogP contribution in [0.15, 0.2) is 47.2 Å². The smallest absolute Gasteiger partial charge is 0.117 e. The number of likely N-dealkylation sites (N-methyl/N-ethyl adjacent to an activating group) is 1. The molecule has 4 rings (SSSR count). The molecule has 2 saturated heterocycles. The zero-order chi connectivity index (χ0) is 17.1. The van der Waals surface area contributed by atoms with Crippen LogP contribution < -0.4 is 0 Å². The van der Waals surface area contributed by atoms with Gasteiger partial charge in [-0.15, -0.1) is 0 Å². The van der Waals surface area contributed by atoms with E-state index in [0.29, 0.717) is 6.04 Å². The Bertz CT molecular complexity index is 651. The van der Waals surface area contributed by atoms with E-state index in [-0.39, 0.29) is 5.60 Å². The molecule has 0 N–H and O–H groups in total. The summed E-state index contributed by atoms with van der Waals surface area (Å²) in [5.74, 6) is 1.02. The molecule has 2 aromatic heterocycles. The molecule has 0 aromatic carbocycles. The second kappa shape index (κ2) is 7.28. The van der Waals surface area contributed by atoms with E-state index in [0.717, 1.165) is 63.5 Å². The Morgan fingerprint density at radius 1 is 1.24 bits per heavy atom. The minimum Gasteiger partial charge on any atom is -0.468 e. The first kappa shape index (κ1) is 16.8. The zero-order valence-corrected chi connectivity index (χ0v) is 14.9. The van der Waals surface area contributed by atoms with E-state index in [1.54, 1.807) is 6.26 Å². The fraction of sp³-hybridized carbons (Fsp3) is 0.550. The number of aromatic nitrogens is 1. The predicted molar refractivity (Wildman–Crippen MR) is 96.0 cm³/mol. The van der Waals surface area contributed by atoms with Gasteiger partial charge in [0.05, 0.1) is 30.7 Å². The quantitative estimate of drug-likeness (QED) is 0.836. The Morgan fingerprint density at radius 3 is 2.84 bits per heavy atom. The lowest BCUT2D eigenvalue weighted by Gasteiger charge is -2.38. The van der Waals surface area contributed by atoms with E-state index in [1.807, 2.05) is 24.4 Å². The van der Waals surface area contributed by atoms with Crippen molar-refractivity contribution in [3.63, 3.8) is 0 Å². The number of pyridine rings is 1. The molecule has 2 fully saturated rings. The molecule has 0 saturated carbocycles. The van der Waals surface area contributed by atoms with E-state index < -0.39 is 0 Å². The van der Waals surface area contributed by atoms with Crippen molar-refractivity contribution in [1.82, 2.24) is 14.8 Å². The lowest BCUT2D eigenvalue weighted by Crippen LogP contribution is -2.44. The summed E-state index contributed by atoms with van der Waals surface area (Å²) < 4.78 is 11.8. The highest BCUT2D eigenvalue weighted by Gasteiger charge is 2.43. The van der Waals surface area contributed by atoms with Gasteiger partial charge < -0.3 is 9.15 Å². The highest BCUT2D eigenvalue weighted by Crippen LogP contribution is 2.37. The van der Waals surface area contributed by atoms with Crippen LogP contribution in [0.25, 0.3) is 0 Å². The van der Waals surface area contributed by atoms with E-state index in [4.69, 9.17) is 9.15 Å². The molecule has 5 heteroatoms. The Hall–Kier alpha value is -1.69. The predicted octanol–water partition coefficient (Wildman–Crippen LogP) is 2.93. The molecule has 0 amide bonds. The van der Waals surface area contributed by atoms with Gasteiger partial charge in [-0.3, -0.25) is 14.8 Å². The van der Waals surface area contributed by atoms with Crippen LogP contribution in [0.2, 0.25) is 0 Å². The highest BCUT2D eigenvalue weighted by atomic mass is 16.5. The summed E-state index contributed by atoms with van der Waals surface area (Å²) in [6, 6.07) is 10.6. The average molecular weight is 341 g/mol. The van der Waals surface area contributed by atoms with Crippen LogP contribution >= 0.6 is 0 Å². The molecular weight excluding hydrogens is 314 g/mol. The molecule has 0 radical (unpaired) electrons. The first-order chi connectivity index (χ1) is 12.2. The minimum absolute atomic E-state index is 0.0721. The van der Waals surface area contributed by atoms with Gasteiger partial charge in [0, 0.05) is 31.9 Å². The van der Waals surface area contributed by atoms with E-state index >= 15 is 0 Å². The van der Waals surface area contributed by atoms with Gasteiger partial charge in [0.2, 0.25) is 0 Å². The number of ether oxygens (including phenoxy) is 1. The van der Waals surface area contributed by atoms with Gasteiger partial charge in [-0.1, -0.05) is 6.07 Å². The third kappa shape index (κ3) is 3.94. The van der Waals surface area contributed by atoms with Crippen molar-refractivity contribution < 1.29 is 9.15 Å². The van der Waals surface area contributed by atoms with Crippen molar-refractivity contribution in [3.05, 3.63) is 54.2 Å². The van der Waals surface area contributed by atoms with Crippen LogP contribution in [-0.2, 0) is 17.8 Å². The summed E-state index contributed by atoms with van der Waals surface area (Å²) in [6.45, 7) is 4.80.